The fraction of sp³-hybridized carbons (Fsp3) is 0.158. The first-order chi connectivity index (χ1) is 12.7. The summed E-state index contributed by atoms with van der Waals surface area (Å²) in [6, 6.07) is 11.5. The first kappa shape index (κ1) is 17.9. The first-order valence-corrected chi connectivity index (χ1v) is 9.10. The van der Waals surface area contributed by atoms with Gasteiger partial charge in [0.15, 0.2) is 11.0 Å². The lowest BCUT2D eigenvalue weighted by molar-refractivity contribution is -0.113. The highest BCUT2D eigenvalue weighted by Crippen LogP contribution is 2.26. The van der Waals surface area contributed by atoms with Gasteiger partial charge in [0, 0.05) is 30.2 Å². The van der Waals surface area contributed by atoms with Crippen LogP contribution in [0.4, 0.5) is 5.69 Å². The lowest BCUT2D eigenvalue weighted by Gasteiger charge is -2.09. The molecule has 0 aliphatic carbocycles. The van der Waals surface area contributed by atoms with E-state index in [2.05, 4.69) is 27.1 Å². The zero-order valence-electron chi connectivity index (χ0n) is 14.4. The fourth-order valence-electron chi connectivity index (χ4n) is 2.47. The summed E-state index contributed by atoms with van der Waals surface area (Å²) in [5.41, 5.74) is 2.87. The van der Waals surface area contributed by atoms with Gasteiger partial charge in [-0.3, -0.25) is 14.3 Å². The van der Waals surface area contributed by atoms with Crippen molar-refractivity contribution in [3.8, 4) is 11.4 Å². The van der Waals surface area contributed by atoms with E-state index in [1.54, 1.807) is 30.6 Å². The van der Waals surface area contributed by atoms with Gasteiger partial charge in [0.1, 0.15) is 0 Å². The maximum Gasteiger partial charge on any atom is 0.234 e. The fourth-order valence-corrected chi connectivity index (χ4v) is 3.22. The second kappa shape index (κ2) is 8.44. The largest absolute Gasteiger partial charge is 0.325 e. The topological polar surface area (TPSA) is 72.7 Å². The number of anilines is 1. The Morgan fingerprint density at radius 3 is 2.73 bits per heavy atom. The zero-order valence-corrected chi connectivity index (χ0v) is 15.2. The maximum absolute atomic E-state index is 12.2. The first-order valence-electron chi connectivity index (χ1n) is 8.12. The summed E-state index contributed by atoms with van der Waals surface area (Å²) in [6.07, 6.45) is 5.07. The van der Waals surface area contributed by atoms with Crippen LogP contribution in [0.3, 0.4) is 0 Å². The van der Waals surface area contributed by atoms with Crippen molar-refractivity contribution in [1.82, 2.24) is 19.7 Å². The minimum absolute atomic E-state index is 0.105. The van der Waals surface area contributed by atoms with Crippen molar-refractivity contribution in [1.29, 1.82) is 0 Å². The molecule has 0 fully saturated rings. The molecule has 0 radical (unpaired) electrons. The number of aryl methyl sites for hydroxylation is 1. The quantitative estimate of drug-likeness (QED) is 0.512. The molecule has 7 heteroatoms. The lowest BCUT2D eigenvalue weighted by atomic mass is 10.1. The van der Waals surface area contributed by atoms with E-state index in [4.69, 9.17) is 0 Å². The van der Waals surface area contributed by atoms with Gasteiger partial charge in [-0.25, -0.2) is 0 Å². The second-order valence-corrected chi connectivity index (χ2v) is 6.54. The van der Waals surface area contributed by atoms with Crippen molar-refractivity contribution in [3.63, 3.8) is 0 Å². The molecule has 0 bridgehead atoms. The van der Waals surface area contributed by atoms with E-state index in [0.29, 0.717) is 11.7 Å². The summed E-state index contributed by atoms with van der Waals surface area (Å²) in [6.45, 7) is 6.43. The van der Waals surface area contributed by atoms with Gasteiger partial charge in [0.25, 0.3) is 0 Å². The molecular weight excluding hydrogens is 346 g/mol. The summed E-state index contributed by atoms with van der Waals surface area (Å²) < 4.78 is 1.97. The monoisotopic (exact) mass is 365 g/mol. The third-order valence-corrected chi connectivity index (χ3v) is 4.68. The molecule has 26 heavy (non-hydrogen) atoms. The van der Waals surface area contributed by atoms with Gasteiger partial charge in [-0.15, -0.1) is 16.8 Å². The van der Waals surface area contributed by atoms with Crippen molar-refractivity contribution in [2.24, 2.45) is 0 Å². The Morgan fingerprint density at radius 1 is 1.23 bits per heavy atom. The second-order valence-electron chi connectivity index (χ2n) is 5.59. The molecule has 0 saturated heterocycles. The van der Waals surface area contributed by atoms with Gasteiger partial charge >= 0.3 is 0 Å². The summed E-state index contributed by atoms with van der Waals surface area (Å²) in [5, 5.41) is 12.1. The van der Waals surface area contributed by atoms with Crippen LogP contribution in [-0.2, 0) is 11.3 Å². The average Bonchev–Trinajstić information content (AvgIpc) is 3.04. The number of carbonyl (C=O) groups excluding carboxylic acids is 1. The Hall–Kier alpha value is -2.93. The number of rotatable bonds is 7. The van der Waals surface area contributed by atoms with Crippen LogP contribution < -0.4 is 5.32 Å². The molecule has 2 heterocycles. The average molecular weight is 365 g/mol. The number of amides is 1. The van der Waals surface area contributed by atoms with Crippen LogP contribution >= 0.6 is 11.8 Å². The van der Waals surface area contributed by atoms with Crippen LogP contribution in [-0.4, -0.2) is 31.4 Å². The Balaban J connectivity index is 1.75. The van der Waals surface area contributed by atoms with Gasteiger partial charge in [-0.05, 0) is 24.6 Å². The third-order valence-electron chi connectivity index (χ3n) is 3.71. The van der Waals surface area contributed by atoms with Gasteiger partial charge in [-0.2, -0.15) is 0 Å². The molecule has 2 aromatic heterocycles. The van der Waals surface area contributed by atoms with E-state index in [1.165, 1.54) is 11.8 Å². The number of benzene rings is 1. The summed E-state index contributed by atoms with van der Waals surface area (Å²) in [7, 11) is 0. The molecule has 0 spiro atoms. The minimum atomic E-state index is -0.105. The Labute approximate surface area is 156 Å². The van der Waals surface area contributed by atoms with Gasteiger partial charge in [0.05, 0.1) is 5.75 Å². The SMILES string of the molecule is C=CCn1c(SCC(=O)Nc2ccncc2)nnc1-c1ccccc1C. The van der Waals surface area contributed by atoms with E-state index in [-0.39, 0.29) is 11.7 Å². The van der Waals surface area contributed by atoms with Crippen LogP contribution in [0.1, 0.15) is 5.56 Å². The number of nitrogens with zero attached hydrogens (tertiary/aromatic N) is 4. The Kier molecular flexibility index (Phi) is 5.80. The van der Waals surface area contributed by atoms with E-state index in [0.717, 1.165) is 22.6 Å². The number of hydrogen-bond donors (Lipinski definition) is 1. The van der Waals surface area contributed by atoms with Crippen molar-refractivity contribution >= 4 is 23.4 Å². The zero-order chi connectivity index (χ0) is 18.4. The van der Waals surface area contributed by atoms with E-state index < -0.39 is 0 Å². The lowest BCUT2D eigenvalue weighted by Crippen LogP contribution is -2.14. The molecule has 1 N–H and O–H groups in total. The number of pyridine rings is 1. The molecule has 0 aliphatic heterocycles. The molecule has 0 unspecified atom stereocenters. The van der Waals surface area contributed by atoms with Crippen LogP contribution in [0, 0.1) is 6.92 Å². The van der Waals surface area contributed by atoms with E-state index in [1.807, 2.05) is 35.8 Å². The van der Waals surface area contributed by atoms with Gasteiger partial charge in [0.2, 0.25) is 5.91 Å². The molecule has 1 amide bonds. The number of allylic oxidation sites excluding steroid dienone is 1. The molecule has 0 saturated carbocycles. The predicted molar refractivity (Wildman–Crippen MR) is 104 cm³/mol. The number of aromatic nitrogens is 4. The smallest absolute Gasteiger partial charge is 0.234 e. The van der Waals surface area contributed by atoms with E-state index >= 15 is 0 Å². The highest BCUT2D eigenvalue weighted by Gasteiger charge is 2.16. The van der Waals surface area contributed by atoms with E-state index in [9.17, 15) is 4.79 Å². The summed E-state index contributed by atoms with van der Waals surface area (Å²) >= 11 is 1.35. The molecule has 3 aromatic rings. The summed E-state index contributed by atoms with van der Waals surface area (Å²) in [5.74, 6) is 0.914. The highest BCUT2D eigenvalue weighted by molar-refractivity contribution is 7.99. The highest BCUT2D eigenvalue weighted by atomic mass is 32.2. The Morgan fingerprint density at radius 2 is 2.00 bits per heavy atom. The van der Waals surface area contributed by atoms with Crippen molar-refractivity contribution in [2.75, 3.05) is 11.1 Å². The van der Waals surface area contributed by atoms with Crippen LogP contribution in [0.25, 0.3) is 11.4 Å². The molecule has 132 valence electrons. The van der Waals surface area contributed by atoms with Gasteiger partial charge in [-0.1, -0.05) is 42.1 Å². The molecular formula is C19H19N5OS. The molecule has 3 rings (SSSR count). The molecule has 1 aromatic carbocycles. The predicted octanol–water partition coefficient (Wildman–Crippen LogP) is 3.57. The van der Waals surface area contributed by atoms with Crippen molar-refractivity contribution < 1.29 is 4.79 Å². The summed E-state index contributed by atoms with van der Waals surface area (Å²) in [4.78, 5) is 16.1. The molecule has 0 atom stereocenters. The van der Waals surface area contributed by atoms with Crippen molar-refractivity contribution in [2.45, 2.75) is 18.6 Å². The number of carbonyl (C=O) groups is 1. The van der Waals surface area contributed by atoms with Crippen LogP contribution in [0.15, 0.2) is 66.6 Å². The number of nitrogens with one attached hydrogen (secondary N) is 1. The third kappa shape index (κ3) is 4.18. The van der Waals surface area contributed by atoms with Crippen molar-refractivity contribution in [3.05, 3.63) is 67.0 Å². The van der Waals surface area contributed by atoms with Crippen LogP contribution in [0.2, 0.25) is 0 Å². The number of hydrogen-bond acceptors (Lipinski definition) is 5. The molecule has 6 nitrogen and oxygen atoms in total. The minimum Gasteiger partial charge on any atom is -0.325 e. The van der Waals surface area contributed by atoms with Crippen LogP contribution in [0.5, 0.6) is 0 Å². The normalized spacial score (nSPS) is 10.5. The molecule has 0 aliphatic rings. The van der Waals surface area contributed by atoms with Gasteiger partial charge < -0.3 is 5.32 Å². The standard InChI is InChI=1S/C19H19N5OS/c1-3-12-24-18(16-7-5-4-6-14(16)2)22-23-19(24)26-13-17(25)21-15-8-10-20-11-9-15/h3-11H,1,12-13H2,2H3,(H,20,21,25). The Bertz CT molecular complexity index is 907. The number of thioether (sulfide) groups is 1. The maximum atomic E-state index is 12.2.